The SMILES string of the molecule is CC(C)C(=O)Nc1nc2c(ncn2[C@@H]2O[C@H](CO)[C@H](F)[C@H]2OPO)c(=O)[nH]1. The lowest BCUT2D eigenvalue weighted by Gasteiger charge is -2.19. The molecule has 0 saturated carbocycles. The number of carbonyl (C=O) groups is 1. The van der Waals surface area contributed by atoms with E-state index in [0.29, 0.717) is 0 Å². The molecule has 0 spiro atoms. The van der Waals surface area contributed by atoms with E-state index in [1.165, 1.54) is 10.9 Å². The zero-order valence-corrected chi connectivity index (χ0v) is 15.4. The molecule has 1 amide bonds. The molecule has 2 aromatic rings. The van der Waals surface area contributed by atoms with Crippen LogP contribution in [0.5, 0.6) is 0 Å². The number of alkyl halides is 1. The van der Waals surface area contributed by atoms with Crippen LogP contribution in [0.15, 0.2) is 11.1 Å². The second-order valence-electron chi connectivity index (χ2n) is 6.25. The molecule has 1 aliphatic rings. The number of ether oxygens (including phenoxy) is 1. The molecular weight excluding hydrogens is 384 g/mol. The van der Waals surface area contributed by atoms with Gasteiger partial charge in [0, 0.05) is 5.92 Å². The minimum atomic E-state index is -1.71. The summed E-state index contributed by atoms with van der Waals surface area (Å²) in [6, 6.07) is 0. The third kappa shape index (κ3) is 3.71. The van der Waals surface area contributed by atoms with Gasteiger partial charge in [0.25, 0.3) is 5.56 Å². The molecule has 0 aromatic carbocycles. The van der Waals surface area contributed by atoms with Gasteiger partial charge in [0.2, 0.25) is 11.9 Å². The summed E-state index contributed by atoms with van der Waals surface area (Å²) < 4.78 is 26.2. The molecule has 1 saturated heterocycles. The molecule has 1 unspecified atom stereocenters. The third-order valence-corrected chi connectivity index (χ3v) is 4.48. The van der Waals surface area contributed by atoms with Gasteiger partial charge in [0.15, 0.2) is 32.6 Å². The van der Waals surface area contributed by atoms with Gasteiger partial charge in [0.05, 0.1) is 12.9 Å². The lowest BCUT2D eigenvalue weighted by molar-refractivity contribution is -0.118. The van der Waals surface area contributed by atoms with Crippen molar-refractivity contribution in [1.29, 1.82) is 0 Å². The minimum Gasteiger partial charge on any atom is -0.394 e. The number of anilines is 1. The van der Waals surface area contributed by atoms with Gasteiger partial charge in [0.1, 0.15) is 12.2 Å². The topological polar surface area (TPSA) is 152 Å². The molecule has 1 fully saturated rings. The zero-order valence-electron chi connectivity index (χ0n) is 14.4. The summed E-state index contributed by atoms with van der Waals surface area (Å²) in [6.07, 6.45) is -4.02. The number of imidazole rings is 1. The number of halogens is 1. The molecule has 1 aliphatic heterocycles. The maximum Gasteiger partial charge on any atom is 0.280 e. The van der Waals surface area contributed by atoms with E-state index in [9.17, 15) is 19.1 Å². The van der Waals surface area contributed by atoms with Crippen LogP contribution in [0.1, 0.15) is 20.1 Å². The maximum atomic E-state index is 14.4. The van der Waals surface area contributed by atoms with Crippen LogP contribution in [0.4, 0.5) is 10.3 Å². The van der Waals surface area contributed by atoms with E-state index in [1.807, 2.05) is 0 Å². The summed E-state index contributed by atoms with van der Waals surface area (Å²) in [5.74, 6) is -0.787. The van der Waals surface area contributed by atoms with Crippen LogP contribution in [0.25, 0.3) is 11.2 Å². The molecule has 13 heteroatoms. The fourth-order valence-electron chi connectivity index (χ4n) is 2.68. The Kier molecular flexibility index (Phi) is 5.82. The fraction of sp³-hybridized carbons (Fsp3) is 0.571. The van der Waals surface area contributed by atoms with E-state index in [0.717, 1.165) is 0 Å². The average Bonchev–Trinajstić information content (AvgIpc) is 3.17. The molecule has 27 heavy (non-hydrogen) atoms. The van der Waals surface area contributed by atoms with Gasteiger partial charge in [-0.1, -0.05) is 13.8 Å². The molecule has 0 bridgehead atoms. The van der Waals surface area contributed by atoms with Crippen LogP contribution in [0.3, 0.4) is 0 Å². The zero-order chi connectivity index (χ0) is 19.7. The Morgan fingerprint density at radius 1 is 1.59 bits per heavy atom. The molecule has 4 N–H and O–H groups in total. The van der Waals surface area contributed by atoms with Gasteiger partial charge in [-0.15, -0.1) is 0 Å². The molecule has 3 heterocycles. The highest BCUT2D eigenvalue weighted by Gasteiger charge is 2.47. The Morgan fingerprint density at radius 2 is 2.33 bits per heavy atom. The quantitative estimate of drug-likeness (QED) is 0.485. The van der Waals surface area contributed by atoms with Gasteiger partial charge >= 0.3 is 0 Å². The van der Waals surface area contributed by atoms with Crippen molar-refractivity contribution in [1.82, 2.24) is 19.5 Å². The number of aliphatic hydroxyl groups excluding tert-OH is 1. The molecule has 5 atom stereocenters. The highest BCUT2D eigenvalue weighted by Crippen LogP contribution is 2.37. The van der Waals surface area contributed by atoms with Crippen LogP contribution in [-0.2, 0) is 14.1 Å². The van der Waals surface area contributed by atoms with E-state index in [2.05, 4.69) is 20.3 Å². The van der Waals surface area contributed by atoms with Crippen LogP contribution in [-0.4, -0.2) is 60.4 Å². The Balaban J connectivity index is 2.02. The van der Waals surface area contributed by atoms with Crippen molar-refractivity contribution in [2.45, 2.75) is 38.5 Å². The van der Waals surface area contributed by atoms with Gasteiger partial charge < -0.3 is 19.3 Å². The molecule has 0 aliphatic carbocycles. The van der Waals surface area contributed by atoms with Crippen LogP contribution in [0.2, 0.25) is 0 Å². The number of hydrogen-bond donors (Lipinski definition) is 4. The number of carbonyl (C=O) groups excluding carboxylic acids is 1. The number of amides is 1. The highest BCUT2D eigenvalue weighted by atomic mass is 31.1. The molecule has 3 rings (SSSR count). The average molecular weight is 403 g/mol. The first kappa shape index (κ1) is 19.8. The Morgan fingerprint density at radius 3 is 2.96 bits per heavy atom. The smallest absolute Gasteiger partial charge is 0.280 e. The van der Waals surface area contributed by atoms with Crippen molar-refractivity contribution in [3.05, 3.63) is 16.7 Å². The van der Waals surface area contributed by atoms with Crippen molar-refractivity contribution in [3.8, 4) is 0 Å². The minimum absolute atomic E-state index is 0.0310. The van der Waals surface area contributed by atoms with Gasteiger partial charge in [-0.3, -0.25) is 24.5 Å². The molecule has 0 radical (unpaired) electrons. The molecule has 2 aromatic heterocycles. The number of fused-ring (bicyclic) bond motifs is 1. The predicted molar refractivity (Wildman–Crippen MR) is 92.9 cm³/mol. The molecular formula is C14H19FN5O6P. The largest absolute Gasteiger partial charge is 0.394 e. The summed E-state index contributed by atoms with van der Waals surface area (Å²) in [5.41, 5.74) is -0.620. The van der Waals surface area contributed by atoms with E-state index >= 15 is 0 Å². The highest BCUT2D eigenvalue weighted by molar-refractivity contribution is 7.25. The van der Waals surface area contributed by atoms with Crippen molar-refractivity contribution in [2.24, 2.45) is 5.92 Å². The number of nitrogens with one attached hydrogen (secondary N) is 2. The monoisotopic (exact) mass is 403 g/mol. The summed E-state index contributed by atoms with van der Waals surface area (Å²) in [4.78, 5) is 43.7. The Bertz CT molecular complexity index is 888. The van der Waals surface area contributed by atoms with Crippen molar-refractivity contribution < 1.29 is 28.4 Å². The van der Waals surface area contributed by atoms with Crippen LogP contribution in [0, 0.1) is 5.92 Å². The standard InChI is InChI=1S/C14H19FN5O6P/c1-5(2)11(22)18-14-17-10-8(12(23)19-14)16-4-20(10)13-9(26-27-24)7(15)6(3-21)25-13/h4-7,9,13,21,24,27H,3H2,1-2H3,(H2,17,18,19,22,23)/t6-,7+,9-,13-/m1/s1. The second kappa shape index (κ2) is 7.95. The van der Waals surface area contributed by atoms with Crippen molar-refractivity contribution in [2.75, 3.05) is 11.9 Å². The maximum absolute atomic E-state index is 14.4. The van der Waals surface area contributed by atoms with E-state index < -0.39 is 45.8 Å². The fourth-order valence-corrected chi connectivity index (χ4v) is 3.05. The number of aliphatic hydroxyl groups is 1. The number of H-pyrrole nitrogens is 1. The first-order valence-electron chi connectivity index (χ1n) is 8.10. The van der Waals surface area contributed by atoms with Crippen LogP contribution >= 0.6 is 9.03 Å². The van der Waals surface area contributed by atoms with E-state index in [1.54, 1.807) is 13.8 Å². The van der Waals surface area contributed by atoms with Crippen LogP contribution < -0.4 is 10.9 Å². The molecule has 148 valence electrons. The predicted octanol–water partition coefficient (Wildman–Crippen LogP) is -0.172. The summed E-state index contributed by atoms with van der Waals surface area (Å²) >= 11 is 0. The third-order valence-electron chi connectivity index (χ3n) is 4.11. The molecule has 11 nitrogen and oxygen atoms in total. The summed E-state index contributed by atoms with van der Waals surface area (Å²) in [6.45, 7) is 2.76. The number of rotatable bonds is 6. The van der Waals surface area contributed by atoms with Crippen molar-refractivity contribution in [3.63, 3.8) is 0 Å². The lowest BCUT2D eigenvalue weighted by atomic mass is 10.1. The normalized spacial score (nSPS) is 25.9. The number of hydrogen-bond acceptors (Lipinski definition) is 8. The first-order chi connectivity index (χ1) is 12.9. The number of aromatic nitrogens is 4. The van der Waals surface area contributed by atoms with Gasteiger partial charge in [-0.05, 0) is 0 Å². The van der Waals surface area contributed by atoms with E-state index in [-0.39, 0.29) is 28.9 Å². The summed E-state index contributed by atoms with van der Waals surface area (Å²) in [5, 5.41) is 11.7. The second-order valence-corrected chi connectivity index (χ2v) is 6.67. The van der Waals surface area contributed by atoms with Crippen molar-refractivity contribution >= 4 is 32.1 Å². The lowest BCUT2D eigenvalue weighted by Crippen LogP contribution is -2.30. The number of aromatic amines is 1. The Labute approximate surface area is 153 Å². The number of nitrogens with zero attached hydrogens (tertiary/aromatic N) is 3. The van der Waals surface area contributed by atoms with E-state index in [4.69, 9.17) is 14.2 Å². The van der Waals surface area contributed by atoms with Gasteiger partial charge in [-0.2, -0.15) is 4.98 Å². The first-order valence-corrected chi connectivity index (χ1v) is 8.95. The van der Waals surface area contributed by atoms with Gasteiger partial charge in [-0.25, -0.2) is 9.37 Å². The summed E-state index contributed by atoms with van der Waals surface area (Å²) in [7, 11) is -1.01. The Hall–Kier alpha value is -1.98.